The van der Waals surface area contributed by atoms with Crippen LogP contribution in [0.3, 0.4) is 0 Å². The van der Waals surface area contributed by atoms with Crippen molar-refractivity contribution in [1.29, 1.82) is 0 Å². The summed E-state index contributed by atoms with van der Waals surface area (Å²) in [7, 11) is 0. The van der Waals surface area contributed by atoms with E-state index in [9.17, 15) is 4.79 Å². The average Bonchev–Trinajstić information content (AvgIpc) is 2.82. The number of nitrogens with zero attached hydrogens (tertiary/aromatic N) is 2. The molecule has 1 aromatic carbocycles. The second kappa shape index (κ2) is 6.93. The predicted octanol–water partition coefficient (Wildman–Crippen LogP) is 4.14. The molecule has 0 bridgehead atoms. The van der Waals surface area contributed by atoms with Crippen molar-refractivity contribution in [3.8, 4) is 0 Å². The van der Waals surface area contributed by atoms with Gasteiger partial charge in [0.05, 0.1) is 0 Å². The standard InChI is InChI=1S/C18H19ClN2O/c19-16-9-7-14(8-10-16)15-5-2-4-12-21(13-15)18(22)17-6-1-3-11-20-17/h1,3,6-11,15H,2,4-5,12-13H2/t15-/m0/s1. The van der Waals surface area contributed by atoms with Crippen molar-refractivity contribution in [3.63, 3.8) is 0 Å². The Kier molecular flexibility index (Phi) is 4.74. The summed E-state index contributed by atoms with van der Waals surface area (Å²) in [5.41, 5.74) is 1.78. The summed E-state index contributed by atoms with van der Waals surface area (Å²) >= 11 is 5.97. The molecule has 2 heterocycles. The molecule has 2 aromatic rings. The van der Waals surface area contributed by atoms with Gasteiger partial charge in [0.15, 0.2) is 0 Å². The van der Waals surface area contributed by atoms with Crippen LogP contribution >= 0.6 is 11.6 Å². The monoisotopic (exact) mass is 314 g/mol. The Morgan fingerprint density at radius 3 is 2.68 bits per heavy atom. The molecule has 0 aliphatic carbocycles. The third kappa shape index (κ3) is 3.47. The molecular formula is C18H19ClN2O. The van der Waals surface area contributed by atoms with Gasteiger partial charge < -0.3 is 4.90 Å². The number of hydrogen-bond donors (Lipinski definition) is 0. The van der Waals surface area contributed by atoms with Gasteiger partial charge in [0.1, 0.15) is 5.69 Å². The van der Waals surface area contributed by atoms with Gasteiger partial charge in [-0.25, -0.2) is 0 Å². The zero-order chi connectivity index (χ0) is 15.4. The second-order valence-corrected chi connectivity index (χ2v) is 6.15. The quantitative estimate of drug-likeness (QED) is 0.834. The highest BCUT2D eigenvalue weighted by Gasteiger charge is 2.24. The van der Waals surface area contributed by atoms with E-state index >= 15 is 0 Å². The van der Waals surface area contributed by atoms with Crippen LogP contribution in [0.25, 0.3) is 0 Å². The molecular weight excluding hydrogens is 296 g/mol. The maximum atomic E-state index is 12.6. The molecule has 1 aliphatic rings. The first-order valence-electron chi connectivity index (χ1n) is 7.70. The number of hydrogen-bond acceptors (Lipinski definition) is 2. The van der Waals surface area contributed by atoms with Gasteiger partial charge in [-0.05, 0) is 42.7 Å². The number of amides is 1. The fourth-order valence-electron chi connectivity index (χ4n) is 2.98. The number of likely N-dealkylation sites (tertiary alicyclic amines) is 1. The fraction of sp³-hybridized carbons (Fsp3) is 0.333. The third-order valence-corrected chi connectivity index (χ3v) is 4.44. The van der Waals surface area contributed by atoms with Crippen LogP contribution in [-0.2, 0) is 0 Å². The van der Waals surface area contributed by atoms with Gasteiger partial charge in [-0.3, -0.25) is 9.78 Å². The number of rotatable bonds is 2. The van der Waals surface area contributed by atoms with Crippen molar-refractivity contribution in [2.24, 2.45) is 0 Å². The van der Waals surface area contributed by atoms with E-state index in [0.717, 1.165) is 37.4 Å². The lowest BCUT2D eigenvalue weighted by Gasteiger charge is -2.24. The van der Waals surface area contributed by atoms with E-state index in [1.165, 1.54) is 5.56 Å². The lowest BCUT2D eigenvalue weighted by atomic mass is 9.94. The Bertz CT molecular complexity index is 627. The topological polar surface area (TPSA) is 33.2 Å². The van der Waals surface area contributed by atoms with Crippen molar-refractivity contribution >= 4 is 17.5 Å². The molecule has 1 saturated heterocycles. The van der Waals surface area contributed by atoms with Gasteiger partial charge in [0, 0.05) is 30.2 Å². The first-order valence-corrected chi connectivity index (χ1v) is 8.07. The predicted molar refractivity (Wildman–Crippen MR) is 88.2 cm³/mol. The van der Waals surface area contributed by atoms with Crippen LogP contribution < -0.4 is 0 Å². The minimum Gasteiger partial charge on any atom is -0.337 e. The zero-order valence-electron chi connectivity index (χ0n) is 12.4. The number of carbonyl (C=O) groups excluding carboxylic acids is 1. The van der Waals surface area contributed by atoms with Crippen molar-refractivity contribution in [2.45, 2.75) is 25.2 Å². The average molecular weight is 315 g/mol. The lowest BCUT2D eigenvalue weighted by molar-refractivity contribution is 0.0748. The Hall–Kier alpha value is -1.87. The smallest absolute Gasteiger partial charge is 0.272 e. The van der Waals surface area contributed by atoms with Crippen LogP contribution in [0.2, 0.25) is 5.02 Å². The van der Waals surface area contributed by atoms with Crippen LogP contribution in [0.4, 0.5) is 0 Å². The van der Waals surface area contributed by atoms with E-state index in [1.54, 1.807) is 12.3 Å². The molecule has 0 saturated carbocycles. The van der Waals surface area contributed by atoms with Crippen molar-refractivity contribution in [2.75, 3.05) is 13.1 Å². The van der Waals surface area contributed by atoms with Gasteiger partial charge in [-0.1, -0.05) is 36.2 Å². The van der Waals surface area contributed by atoms with Gasteiger partial charge in [0.2, 0.25) is 0 Å². The van der Waals surface area contributed by atoms with Crippen molar-refractivity contribution in [1.82, 2.24) is 9.88 Å². The summed E-state index contributed by atoms with van der Waals surface area (Å²) in [5.74, 6) is 0.397. The Morgan fingerprint density at radius 2 is 1.95 bits per heavy atom. The summed E-state index contributed by atoms with van der Waals surface area (Å²) in [5, 5.41) is 0.749. The van der Waals surface area contributed by atoms with Gasteiger partial charge in [0.25, 0.3) is 5.91 Å². The minimum atomic E-state index is 0.0291. The van der Waals surface area contributed by atoms with E-state index in [-0.39, 0.29) is 5.91 Å². The van der Waals surface area contributed by atoms with E-state index in [4.69, 9.17) is 11.6 Å². The molecule has 4 heteroatoms. The normalized spacial score (nSPS) is 18.8. The van der Waals surface area contributed by atoms with Gasteiger partial charge in [-0.2, -0.15) is 0 Å². The number of halogens is 1. The summed E-state index contributed by atoms with van der Waals surface area (Å²) < 4.78 is 0. The molecule has 0 spiro atoms. The van der Waals surface area contributed by atoms with Crippen LogP contribution in [0.15, 0.2) is 48.7 Å². The van der Waals surface area contributed by atoms with E-state index in [1.807, 2.05) is 29.2 Å². The van der Waals surface area contributed by atoms with E-state index < -0.39 is 0 Å². The fourth-order valence-corrected chi connectivity index (χ4v) is 3.11. The molecule has 3 rings (SSSR count). The van der Waals surface area contributed by atoms with Crippen molar-refractivity contribution in [3.05, 3.63) is 64.9 Å². The van der Waals surface area contributed by atoms with E-state index in [2.05, 4.69) is 17.1 Å². The molecule has 114 valence electrons. The maximum Gasteiger partial charge on any atom is 0.272 e. The summed E-state index contributed by atoms with van der Waals surface area (Å²) in [6.07, 6.45) is 4.96. The first kappa shape index (κ1) is 15.0. The molecule has 1 aromatic heterocycles. The maximum absolute atomic E-state index is 12.6. The largest absolute Gasteiger partial charge is 0.337 e. The number of benzene rings is 1. The second-order valence-electron chi connectivity index (χ2n) is 5.71. The molecule has 0 N–H and O–H groups in total. The Morgan fingerprint density at radius 1 is 1.14 bits per heavy atom. The summed E-state index contributed by atoms with van der Waals surface area (Å²) in [6, 6.07) is 13.5. The number of pyridine rings is 1. The zero-order valence-corrected chi connectivity index (χ0v) is 13.2. The molecule has 22 heavy (non-hydrogen) atoms. The highest BCUT2D eigenvalue weighted by atomic mass is 35.5. The van der Waals surface area contributed by atoms with Gasteiger partial charge in [-0.15, -0.1) is 0 Å². The summed E-state index contributed by atoms with van der Waals surface area (Å²) in [4.78, 5) is 18.8. The molecule has 1 atom stereocenters. The van der Waals surface area contributed by atoms with Crippen LogP contribution in [0, 0.1) is 0 Å². The molecule has 0 radical (unpaired) electrons. The third-order valence-electron chi connectivity index (χ3n) is 4.18. The van der Waals surface area contributed by atoms with Gasteiger partial charge >= 0.3 is 0 Å². The Labute approximate surface area is 135 Å². The molecule has 3 nitrogen and oxygen atoms in total. The minimum absolute atomic E-state index is 0.0291. The molecule has 0 unspecified atom stereocenters. The first-order chi connectivity index (χ1) is 10.7. The highest BCUT2D eigenvalue weighted by Crippen LogP contribution is 2.28. The number of carbonyl (C=O) groups is 1. The SMILES string of the molecule is O=C(c1ccccn1)N1CCCC[C@H](c2ccc(Cl)cc2)C1. The lowest BCUT2D eigenvalue weighted by Crippen LogP contribution is -2.34. The van der Waals surface area contributed by atoms with Crippen LogP contribution in [0.1, 0.15) is 41.2 Å². The Balaban J connectivity index is 1.78. The number of aromatic nitrogens is 1. The molecule has 1 aliphatic heterocycles. The van der Waals surface area contributed by atoms with Crippen LogP contribution in [-0.4, -0.2) is 28.9 Å². The highest BCUT2D eigenvalue weighted by molar-refractivity contribution is 6.30. The van der Waals surface area contributed by atoms with E-state index in [0.29, 0.717) is 11.6 Å². The molecule has 1 fully saturated rings. The molecule has 1 amide bonds. The van der Waals surface area contributed by atoms with Crippen LogP contribution in [0.5, 0.6) is 0 Å². The summed E-state index contributed by atoms with van der Waals surface area (Å²) in [6.45, 7) is 1.55. The van der Waals surface area contributed by atoms with Crippen molar-refractivity contribution < 1.29 is 4.79 Å².